The SMILES string of the molecule is N#Cc1ccccc1-c1ccccc1C(=O)NCCNC(=O)c1ccccc1F. The van der Waals surface area contributed by atoms with Gasteiger partial charge in [-0.05, 0) is 29.8 Å². The molecule has 6 heteroatoms. The van der Waals surface area contributed by atoms with E-state index in [1.165, 1.54) is 18.2 Å². The molecule has 0 aliphatic heterocycles. The summed E-state index contributed by atoms with van der Waals surface area (Å²) in [5.74, 6) is -1.46. The van der Waals surface area contributed by atoms with E-state index in [2.05, 4.69) is 16.7 Å². The maximum absolute atomic E-state index is 13.6. The van der Waals surface area contributed by atoms with Gasteiger partial charge in [-0.2, -0.15) is 5.26 Å². The van der Waals surface area contributed by atoms with Gasteiger partial charge in [0.1, 0.15) is 5.82 Å². The van der Waals surface area contributed by atoms with E-state index in [1.807, 2.05) is 6.07 Å². The monoisotopic (exact) mass is 387 g/mol. The largest absolute Gasteiger partial charge is 0.350 e. The molecule has 3 rings (SSSR count). The molecule has 0 unspecified atom stereocenters. The molecule has 0 saturated heterocycles. The standard InChI is InChI=1S/C23H18FN3O2/c24-21-12-6-5-11-20(21)23(29)27-14-13-26-22(28)19-10-4-3-9-18(19)17-8-2-1-7-16(17)15-25/h1-12H,13-14H2,(H,26,28)(H,27,29). The van der Waals surface area contributed by atoms with Crippen LogP contribution in [0.15, 0.2) is 72.8 Å². The summed E-state index contributed by atoms with van der Waals surface area (Å²) in [5.41, 5.74) is 2.18. The molecule has 0 aliphatic rings. The maximum atomic E-state index is 13.6. The van der Waals surface area contributed by atoms with Crippen LogP contribution < -0.4 is 10.6 Å². The van der Waals surface area contributed by atoms with E-state index in [9.17, 15) is 19.2 Å². The molecule has 5 nitrogen and oxygen atoms in total. The molecule has 0 fully saturated rings. The van der Waals surface area contributed by atoms with Crippen LogP contribution in [0.25, 0.3) is 11.1 Å². The molecule has 0 spiro atoms. The zero-order valence-corrected chi connectivity index (χ0v) is 15.5. The van der Waals surface area contributed by atoms with E-state index in [0.717, 1.165) is 0 Å². The highest BCUT2D eigenvalue weighted by molar-refractivity contribution is 6.01. The van der Waals surface area contributed by atoms with Crippen molar-refractivity contribution in [2.45, 2.75) is 0 Å². The van der Waals surface area contributed by atoms with Gasteiger partial charge in [0.15, 0.2) is 0 Å². The highest BCUT2D eigenvalue weighted by Gasteiger charge is 2.15. The molecule has 0 aromatic heterocycles. The molecule has 29 heavy (non-hydrogen) atoms. The first-order chi connectivity index (χ1) is 14.1. The van der Waals surface area contributed by atoms with Crippen LogP contribution in [0.2, 0.25) is 0 Å². The minimum atomic E-state index is -0.598. The first kappa shape index (κ1) is 19.8. The van der Waals surface area contributed by atoms with E-state index >= 15 is 0 Å². The van der Waals surface area contributed by atoms with Crippen molar-refractivity contribution in [2.24, 2.45) is 0 Å². The Balaban J connectivity index is 1.64. The van der Waals surface area contributed by atoms with Crippen molar-refractivity contribution in [2.75, 3.05) is 13.1 Å². The molecular weight excluding hydrogens is 369 g/mol. The minimum absolute atomic E-state index is 0.0442. The lowest BCUT2D eigenvalue weighted by Gasteiger charge is -2.12. The summed E-state index contributed by atoms with van der Waals surface area (Å²) in [6.45, 7) is 0.323. The van der Waals surface area contributed by atoms with Crippen molar-refractivity contribution in [3.05, 3.63) is 95.3 Å². The van der Waals surface area contributed by atoms with Crippen molar-refractivity contribution in [3.8, 4) is 17.2 Å². The van der Waals surface area contributed by atoms with Crippen LogP contribution >= 0.6 is 0 Å². The summed E-state index contributed by atoms with van der Waals surface area (Å²) >= 11 is 0. The summed E-state index contributed by atoms with van der Waals surface area (Å²) in [6.07, 6.45) is 0. The molecule has 2 N–H and O–H groups in total. The molecule has 0 radical (unpaired) electrons. The number of nitriles is 1. The number of carbonyl (C=O) groups excluding carboxylic acids is 2. The predicted molar refractivity (Wildman–Crippen MR) is 108 cm³/mol. The Bertz CT molecular complexity index is 1090. The quantitative estimate of drug-likeness (QED) is 0.635. The fourth-order valence-electron chi connectivity index (χ4n) is 2.92. The first-order valence-electron chi connectivity index (χ1n) is 9.01. The molecule has 0 heterocycles. The van der Waals surface area contributed by atoms with Crippen LogP contribution in [-0.2, 0) is 0 Å². The zero-order valence-electron chi connectivity index (χ0n) is 15.5. The van der Waals surface area contributed by atoms with Crippen LogP contribution in [0.5, 0.6) is 0 Å². The summed E-state index contributed by atoms with van der Waals surface area (Å²) in [6, 6.07) is 21.9. The number of benzene rings is 3. The van der Waals surface area contributed by atoms with Crippen LogP contribution in [0.4, 0.5) is 4.39 Å². The molecule has 0 atom stereocenters. The Hall–Kier alpha value is -3.98. The molecular formula is C23H18FN3O2. The summed E-state index contributed by atoms with van der Waals surface area (Å²) in [5, 5.41) is 14.6. The van der Waals surface area contributed by atoms with Crippen molar-refractivity contribution in [1.82, 2.24) is 10.6 Å². The molecule has 0 aliphatic carbocycles. The van der Waals surface area contributed by atoms with Crippen molar-refractivity contribution in [3.63, 3.8) is 0 Å². The van der Waals surface area contributed by atoms with Gasteiger partial charge in [-0.15, -0.1) is 0 Å². The lowest BCUT2D eigenvalue weighted by atomic mass is 9.95. The van der Waals surface area contributed by atoms with Gasteiger partial charge in [0.25, 0.3) is 11.8 Å². The van der Waals surface area contributed by atoms with Crippen LogP contribution in [-0.4, -0.2) is 24.9 Å². The molecule has 3 aromatic rings. The molecule has 2 amide bonds. The fraction of sp³-hybridized carbons (Fsp3) is 0.0870. The lowest BCUT2D eigenvalue weighted by molar-refractivity contribution is 0.0925. The average Bonchev–Trinajstić information content (AvgIpc) is 2.76. The van der Waals surface area contributed by atoms with E-state index < -0.39 is 11.7 Å². The average molecular weight is 387 g/mol. The zero-order chi connectivity index (χ0) is 20.6. The number of rotatable bonds is 6. The Morgan fingerprint density at radius 3 is 1.93 bits per heavy atom. The van der Waals surface area contributed by atoms with E-state index in [4.69, 9.17) is 0 Å². The predicted octanol–water partition coefficient (Wildman–Crippen LogP) is 3.52. The third-order valence-corrected chi connectivity index (χ3v) is 4.32. The van der Waals surface area contributed by atoms with Gasteiger partial charge in [0.2, 0.25) is 0 Å². The highest BCUT2D eigenvalue weighted by Crippen LogP contribution is 2.26. The van der Waals surface area contributed by atoms with Crippen LogP contribution in [0, 0.1) is 17.1 Å². The van der Waals surface area contributed by atoms with Crippen molar-refractivity contribution < 1.29 is 14.0 Å². The Morgan fingerprint density at radius 2 is 1.28 bits per heavy atom. The molecule has 144 valence electrons. The van der Waals surface area contributed by atoms with Crippen molar-refractivity contribution >= 4 is 11.8 Å². The van der Waals surface area contributed by atoms with Gasteiger partial charge in [0.05, 0.1) is 17.2 Å². The smallest absolute Gasteiger partial charge is 0.254 e. The summed E-state index contributed by atoms with van der Waals surface area (Å²) < 4.78 is 13.6. The van der Waals surface area contributed by atoms with Crippen LogP contribution in [0.1, 0.15) is 26.3 Å². The Morgan fingerprint density at radius 1 is 0.759 bits per heavy atom. The third-order valence-electron chi connectivity index (χ3n) is 4.32. The second-order valence-electron chi connectivity index (χ2n) is 6.19. The minimum Gasteiger partial charge on any atom is -0.350 e. The van der Waals surface area contributed by atoms with E-state index in [0.29, 0.717) is 22.3 Å². The second kappa shape index (κ2) is 9.29. The van der Waals surface area contributed by atoms with Gasteiger partial charge < -0.3 is 10.6 Å². The number of amides is 2. The van der Waals surface area contributed by atoms with Gasteiger partial charge in [-0.25, -0.2) is 4.39 Å². The van der Waals surface area contributed by atoms with E-state index in [-0.39, 0.29) is 24.6 Å². The van der Waals surface area contributed by atoms with Gasteiger partial charge in [-0.3, -0.25) is 9.59 Å². The molecule has 0 saturated carbocycles. The normalized spacial score (nSPS) is 10.1. The number of hydrogen-bond donors (Lipinski definition) is 2. The van der Waals surface area contributed by atoms with Gasteiger partial charge in [0, 0.05) is 24.2 Å². The van der Waals surface area contributed by atoms with E-state index in [1.54, 1.807) is 48.5 Å². The summed E-state index contributed by atoms with van der Waals surface area (Å²) in [4.78, 5) is 24.6. The fourth-order valence-corrected chi connectivity index (χ4v) is 2.92. The molecule has 3 aromatic carbocycles. The first-order valence-corrected chi connectivity index (χ1v) is 9.01. The van der Waals surface area contributed by atoms with Gasteiger partial charge >= 0.3 is 0 Å². The number of hydrogen-bond acceptors (Lipinski definition) is 3. The lowest BCUT2D eigenvalue weighted by Crippen LogP contribution is -2.35. The topological polar surface area (TPSA) is 82.0 Å². The van der Waals surface area contributed by atoms with Crippen LogP contribution in [0.3, 0.4) is 0 Å². The second-order valence-corrected chi connectivity index (χ2v) is 6.19. The highest BCUT2D eigenvalue weighted by atomic mass is 19.1. The number of nitrogens with one attached hydrogen (secondary N) is 2. The third kappa shape index (κ3) is 4.66. The number of nitrogens with zero attached hydrogens (tertiary/aromatic N) is 1. The van der Waals surface area contributed by atoms with Crippen molar-refractivity contribution in [1.29, 1.82) is 5.26 Å². The maximum Gasteiger partial charge on any atom is 0.254 e. The Labute approximate surface area is 167 Å². The number of carbonyl (C=O) groups is 2. The van der Waals surface area contributed by atoms with Gasteiger partial charge in [-0.1, -0.05) is 48.5 Å². The number of halogens is 1. The summed E-state index contributed by atoms with van der Waals surface area (Å²) in [7, 11) is 0. The molecule has 0 bridgehead atoms. The Kier molecular flexibility index (Phi) is 6.33.